The van der Waals surface area contributed by atoms with Crippen molar-refractivity contribution in [2.45, 2.75) is 9.41 Å². The van der Waals surface area contributed by atoms with Gasteiger partial charge in [-0.3, -0.25) is 0 Å². The molecule has 2 atom stereocenters. The van der Waals surface area contributed by atoms with Gasteiger partial charge in [0.2, 0.25) is 0 Å². The molecule has 0 fully saturated rings. The molecule has 0 aliphatic rings. The number of methoxy groups -OCH3 is 1. The van der Waals surface area contributed by atoms with Crippen LogP contribution in [0.2, 0.25) is 0 Å². The maximum atomic E-state index is 12.7. The van der Waals surface area contributed by atoms with E-state index >= 15 is 0 Å². The third-order valence-corrected chi connectivity index (χ3v) is 2.41. The summed E-state index contributed by atoms with van der Waals surface area (Å²) in [5, 5.41) is -2.70. The van der Waals surface area contributed by atoms with E-state index in [1.54, 1.807) is 0 Å². The third-order valence-electron chi connectivity index (χ3n) is 0.732. The molecule has 10 heavy (non-hydrogen) atoms. The number of esters is 1. The van der Waals surface area contributed by atoms with Crippen molar-refractivity contribution in [2.75, 3.05) is 7.11 Å². The SMILES string of the molecule is COC(=O)C(F)(Cl)C(Cl)Br. The first-order valence-electron chi connectivity index (χ1n) is 2.17. The van der Waals surface area contributed by atoms with Crippen molar-refractivity contribution in [1.29, 1.82) is 0 Å². The fraction of sp³-hybridized carbons (Fsp3) is 0.750. The molecule has 0 aromatic heterocycles. The zero-order valence-corrected chi connectivity index (χ0v) is 8.00. The second kappa shape index (κ2) is 3.74. The molecule has 0 bridgehead atoms. The van der Waals surface area contributed by atoms with Crippen LogP contribution in [0.15, 0.2) is 0 Å². The predicted octanol–water partition coefficient (Wildman–Crippen LogP) is 2.02. The van der Waals surface area contributed by atoms with Crippen LogP contribution < -0.4 is 0 Å². The van der Waals surface area contributed by atoms with Gasteiger partial charge in [0.1, 0.15) is 4.29 Å². The van der Waals surface area contributed by atoms with Gasteiger partial charge in [-0.2, -0.15) is 0 Å². The molecule has 0 saturated heterocycles. The van der Waals surface area contributed by atoms with Crippen molar-refractivity contribution in [3.05, 3.63) is 0 Å². The standard InChI is InChI=1S/C4H4BrCl2FO2/c1-10-3(9)4(7,8)2(5)6/h2H,1H3. The van der Waals surface area contributed by atoms with Crippen LogP contribution in [-0.2, 0) is 9.53 Å². The number of alkyl halides is 4. The summed E-state index contributed by atoms with van der Waals surface area (Å²) >= 11 is 12.7. The van der Waals surface area contributed by atoms with Gasteiger partial charge in [0, 0.05) is 0 Å². The number of hydrogen-bond acceptors (Lipinski definition) is 2. The Morgan fingerprint density at radius 1 is 1.90 bits per heavy atom. The molecule has 6 heteroatoms. The molecule has 0 amide bonds. The van der Waals surface area contributed by atoms with E-state index in [4.69, 9.17) is 23.2 Å². The van der Waals surface area contributed by atoms with Crippen LogP contribution in [0.4, 0.5) is 4.39 Å². The zero-order chi connectivity index (χ0) is 8.36. The van der Waals surface area contributed by atoms with Gasteiger partial charge in [0.05, 0.1) is 7.11 Å². The second-order valence-electron chi connectivity index (χ2n) is 1.42. The van der Waals surface area contributed by atoms with E-state index in [0.717, 1.165) is 7.11 Å². The minimum atomic E-state index is -2.70. The number of carbonyl (C=O) groups excluding carboxylic acids is 1. The van der Waals surface area contributed by atoms with E-state index in [0.29, 0.717) is 0 Å². The molecular weight excluding hydrogens is 250 g/mol. The lowest BCUT2D eigenvalue weighted by Gasteiger charge is -2.14. The average molecular weight is 254 g/mol. The highest BCUT2D eigenvalue weighted by Gasteiger charge is 2.44. The van der Waals surface area contributed by atoms with E-state index in [-0.39, 0.29) is 0 Å². The van der Waals surface area contributed by atoms with Gasteiger partial charge in [-0.05, 0) is 0 Å². The highest BCUT2D eigenvalue weighted by molar-refractivity contribution is 9.10. The highest BCUT2D eigenvalue weighted by atomic mass is 79.9. The van der Waals surface area contributed by atoms with Crippen LogP contribution in [0, 0.1) is 0 Å². The molecule has 0 saturated carbocycles. The van der Waals surface area contributed by atoms with Crippen molar-refractivity contribution < 1.29 is 13.9 Å². The minimum Gasteiger partial charge on any atom is -0.466 e. The summed E-state index contributed by atoms with van der Waals surface area (Å²) in [6.07, 6.45) is 0. The predicted molar refractivity (Wildman–Crippen MR) is 40.3 cm³/mol. The Balaban J connectivity index is 4.24. The van der Waals surface area contributed by atoms with Gasteiger partial charge in [-0.1, -0.05) is 27.5 Å². The molecule has 2 unspecified atom stereocenters. The quantitative estimate of drug-likeness (QED) is 0.556. The maximum Gasteiger partial charge on any atom is 0.362 e. The molecule has 60 valence electrons. The first kappa shape index (κ1) is 10.5. The Kier molecular flexibility index (Phi) is 3.91. The number of halogens is 4. The van der Waals surface area contributed by atoms with Gasteiger partial charge in [-0.25, -0.2) is 9.18 Å². The number of rotatable bonds is 2. The van der Waals surface area contributed by atoms with Gasteiger partial charge in [0.25, 0.3) is 0 Å². The smallest absolute Gasteiger partial charge is 0.362 e. The van der Waals surface area contributed by atoms with Crippen molar-refractivity contribution in [3.8, 4) is 0 Å². The second-order valence-corrected chi connectivity index (χ2v) is 3.84. The molecule has 0 N–H and O–H groups in total. The van der Waals surface area contributed by atoms with Crippen LogP contribution in [0.3, 0.4) is 0 Å². The van der Waals surface area contributed by atoms with E-state index in [1.807, 2.05) is 0 Å². The Bertz CT molecular complexity index is 139. The van der Waals surface area contributed by atoms with Crippen LogP contribution in [0.1, 0.15) is 0 Å². The molecular formula is C4H4BrCl2FO2. The van der Waals surface area contributed by atoms with Crippen molar-refractivity contribution in [1.82, 2.24) is 0 Å². The van der Waals surface area contributed by atoms with Gasteiger partial charge in [0.15, 0.2) is 0 Å². The molecule has 2 nitrogen and oxygen atoms in total. The topological polar surface area (TPSA) is 26.3 Å². The summed E-state index contributed by atoms with van der Waals surface area (Å²) in [7, 11) is 1.02. The largest absolute Gasteiger partial charge is 0.466 e. The summed E-state index contributed by atoms with van der Waals surface area (Å²) in [6.45, 7) is 0. The van der Waals surface area contributed by atoms with Crippen LogP contribution in [-0.4, -0.2) is 22.5 Å². The lowest BCUT2D eigenvalue weighted by Crippen LogP contribution is -2.34. The van der Waals surface area contributed by atoms with Gasteiger partial charge in [-0.15, -0.1) is 11.6 Å². The summed E-state index contributed by atoms with van der Waals surface area (Å²) in [6, 6.07) is 0. The molecule has 0 heterocycles. The molecule has 0 spiro atoms. The summed E-state index contributed by atoms with van der Waals surface area (Å²) in [5.41, 5.74) is 0. The fourth-order valence-corrected chi connectivity index (χ4v) is 0.578. The normalized spacial score (nSPS) is 19.3. The van der Waals surface area contributed by atoms with Crippen LogP contribution in [0.5, 0.6) is 0 Å². The Labute approximate surface area is 75.7 Å². The lowest BCUT2D eigenvalue weighted by atomic mass is 10.4. The first-order valence-corrected chi connectivity index (χ1v) is 3.90. The molecule has 0 rings (SSSR count). The summed E-state index contributed by atoms with van der Waals surface area (Å²) < 4.78 is 15.4. The summed E-state index contributed by atoms with van der Waals surface area (Å²) in [5.74, 6) is -1.22. The molecule has 0 aromatic rings. The van der Waals surface area contributed by atoms with Gasteiger partial charge >= 0.3 is 11.1 Å². The molecule has 0 aliphatic carbocycles. The van der Waals surface area contributed by atoms with Crippen molar-refractivity contribution in [3.63, 3.8) is 0 Å². The Morgan fingerprint density at radius 2 is 2.30 bits per heavy atom. The maximum absolute atomic E-state index is 12.7. The Morgan fingerprint density at radius 3 is 2.40 bits per heavy atom. The fourth-order valence-electron chi connectivity index (χ4n) is 0.225. The first-order chi connectivity index (χ1) is 4.42. The number of hydrogen-bond donors (Lipinski definition) is 0. The third kappa shape index (κ3) is 2.25. The lowest BCUT2D eigenvalue weighted by molar-refractivity contribution is -0.148. The minimum absolute atomic E-state index is 1.02. The van der Waals surface area contributed by atoms with E-state index in [1.165, 1.54) is 0 Å². The number of ether oxygens (including phenoxy) is 1. The zero-order valence-electron chi connectivity index (χ0n) is 4.91. The van der Waals surface area contributed by atoms with E-state index in [2.05, 4.69) is 20.7 Å². The molecule has 0 radical (unpaired) electrons. The van der Waals surface area contributed by atoms with Crippen molar-refractivity contribution in [2.24, 2.45) is 0 Å². The molecule has 0 aliphatic heterocycles. The highest BCUT2D eigenvalue weighted by Crippen LogP contribution is 2.31. The van der Waals surface area contributed by atoms with Crippen LogP contribution >= 0.6 is 39.1 Å². The Hall–Kier alpha value is 0.460. The van der Waals surface area contributed by atoms with Gasteiger partial charge < -0.3 is 4.74 Å². The van der Waals surface area contributed by atoms with E-state index < -0.39 is 15.4 Å². The van der Waals surface area contributed by atoms with Crippen LogP contribution in [0.25, 0.3) is 0 Å². The van der Waals surface area contributed by atoms with E-state index in [9.17, 15) is 9.18 Å². The average Bonchev–Trinajstić information content (AvgIpc) is 1.86. The van der Waals surface area contributed by atoms with Crippen molar-refractivity contribution >= 4 is 45.1 Å². The number of carbonyl (C=O) groups is 1. The summed E-state index contributed by atoms with van der Waals surface area (Å²) in [4.78, 5) is 10.4. The molecule has 0 aromatic carbocycles. The monoisotopic (exact) mass is 252 g/mol.